The lowest BCUT2D eigenvalue weighted by Gasteiger charge is -2.09. The van der Waals surface area contributed by atoms with Crippen LogP contribution in [0.3, 0.4) is 0 Å². The van der Waals surface area contributed by atoms with Crippen molar-refractivity contribution in [2.24, 2.45) is 0 Å². The van der Waals surface area contributed by atoms with E-state index in [1.54, 1.807) is 0 Å². The first-order valence-electron chi connectivity index (χ1n) is 10.9. The minimum Gasteiger partial charge on any atom is -0.486 e. The number of hydrogen-bond donors (Lipinski definition) is 3. The van der Waals surface area contributed by atoms with Crippen LogP contribution in [0.4, 0.5) is 0 Å². The van der Waals surface area contributed by atoms with Gasteiger partial charge >= 0.3 is 0 Å². The van der Waals surface area contributed by atoms with Crippen LogP contribution in [0.5, 0.6) is 5.75 Å². The number of ether oxygens (including phenoxy) is 1. The number of thioether (sulfide) groups is 1. The number of fused-ring (bicyclic) bond motifs is 1. The number of aromatic nitrogens is 4. The number of carbonyl (C=O) groups is 1. The smallest absolute Gasteiger partial charge is 0.230 e. The number of hydrogen-bond acceptors (Lipinski definition) is 6. The van der Waals surface area contributed by atoms with Gasteiger partial charge < -0.3 is 20.9 Å². The molecule has 4 rings (SSSR count). The Hall–Kier alpha value is -3.46. The molecule has 0 atom stereocenters. The molecule has 0 spiro atoms. The molecular formula is C24H28N6O2S. The summed E-state index contributed by atoms with van der Waals surface area (Å²) in [6.45, 7) is 5.05. The number of para-hydroxylation sites is 1. The summed E-state index contributed by atoms with van der Waals surface area (Å²) < 4.78 is 7.14. The fourth-order valence-corrected chi connectivity index (χ4v) is 4.16. The summed E-state index contributed by atoms with van der Waals surface area (Å²) in [5, 5.41) is 12.8. The van der Waals surface area contributed by atoms with Gasteiger partial charge in [-0.05, 0) is 41.7 Å². The molecule has 0 bridgehead atoms. The highest BCUT2D eigenvalue weighted by atomic mass is 32.2. The van der Waals surface area contributed by atoms with Gasteiger partial charge in [-0.2, -0.15) is 0 Å². The molecule has 2 aromatic heterocycles. The molecule has 0 aliphatic heterocycles. The average molecular weight is 465 g/mol. The molecule has 0 saturated carbocycles. The lowest BCUT2D eigenvalue weighted by molar-refractivity contribution is -0.118. The molecule has 0 unspecified atom stereocenters. The van der Waals surface area contributed by atoms with Crippen molar-refractivity contribution in [2.45, 2.75) is 37.9 Å². The molecule has 0 aliphatic rings. The Morgan fingerprint density at radius 2 is 1.97 bits per heavy atom. The van der Waals surface area contributed by atoms with Crippen molar-refractivity contribution in [3.8, 4) is 5.75 Å². The number of nitrogen functional groups attached to an aromatic ring is 1. The Kier molecular flexibility index (Phi) is 7.19. The molecule has 0 radical (unpaired) electrons. The van der Waals surface area contributed by atoms with Gasteiger partial charge in [0.2, 0.25) is 11.1 Å². The van der Waals surface area contributed by atoms with Gasteiger partial charge in [0.25, 0.3) is 0 Å². The third-order valence-corrected chi connectivity index (χ3v) is 6.32. The Labute approximate surface area is 196 Å². The van der Waals surface area contributed by atoms with Crippen LogP contribution < -0.4 is 15.9 Å². The molecule has 2 heterocycles. The van der Waals surface area contributed by atoms with E-state index in [2.05, 4.69) is 40.4 Å². The number of nitrogens with two attached hydrogens (primary N) is 1. The monoisotopic (exact) mass is 464 g/mol. The molecule has 9 heteroatoms. The normalized spacial score (nSPS) is 11.2. The van der Waals surface area contributed by atoms with Gasteiger partial charge in [0.15, 0.2) is 5.82 Å². The summed E-state index contributed by atoms with van der Waals surface area (Å²) >= 11 is 1.24. The first kappa shape index (κ1) is 22.7. The van der Waals surface area contributed by atoms with Gasteiger partial charge in [0.05, 0.1) is 5.75 Å². The van der Waals surface area contributed by atoms with Crippen molar-refractivity contribution >= 4 is 28.6 Å². The SMILES string of the molecule is CC(C)c1ccc(OCc2nnc(SCC(=O)NCCc3c[nH]c4ccccc34)n2N)cc1. The standard InChI is InChI=1S/C24H28N6O2S/c1-16(2)17-7-9-19(10-8-17)32-14-22-28-29-24(30(22)25)33-15-23(31)26-12-11-18-13-27-21-6-4-3-5-20(18)21/h3-10,13,16,27H,11-12,14-15,25H2,1-2H3,(H,26,31). The largest absolute Gasteiger partial charge is 0.486 e. The van der Waals surface area contributed by atoms with Crippen LogP contribution in [0, 0.1) is 0 Å². The Balaban J connectivity index is 1.22. The molecule has 4 N–H and O–H groups in total. The molecule has 0 fully saturated rings. The van der Waals surface area contributed by atoms with E-state index < -0.39 is 0 Å². The van der Waals surface area contributed by atoms with Crippen molar-refractivity contribution in [3.05, 3.63) is 71.7 Å². The van der Waals surface area contributed by atoms with Gasteiger partial charge in [-0.1, -0.05) is 55.9 Å². The lowest BCUT2D eigenvalue weighted by atomic mass is 10.0. The molecule has 1 amide bonds. The highest BCUT2D eigenvalue weighted by Crippen LogP contribution is 2.20. The maximum atomic E-state index is 12.2. The van der Waals surface area contributed by atoms with Gasteiger partial charge in [-0.15, -0.1) is 10.2 Å². The number of nitrogens with one attached hydrogen (secondary N) is 2. The molecule has 2 aromatic carbocycles. The summed E-state index contributed by atoms with van der Waals surface area (Å²) in [4.78, 5) is 15.5. The van der Waals surface area contributed by atoms with Crippen molar-refractivity contribution in [3.63, 3.8) is 0 Å². The quantitative estimate of drug-likeness (QED) is 0.244. The summed E-state index contributed by atoms with van der Waals surface area (Å²) in [5.41, 5.74) is 3.54. The Morgan fingerprint density at radius 3 is 2.76 bits per heavy atom. The van der Waals surface area contributed by atoms with Crippen LogP contribution in [0.1, 0.15) is 36.7 Å². The second-order valence-electron chi connectivity index (χ2n) is 8.03. The minimum atomic E-state index is -0.0779. The minimum absolute atomic E-state index is 0.0779. The fourth-order valence-electron chi connectivity index (χ4n) is 3.46. The summed E-state index contributed by atoms with van der Waals surface area (Å²) in [7, 11) is 0. The fraction of sp³-hybridized carbons (Fsp3) is 0.292. The molecule has 33 heavy (non-hydrogen) atoms. The molecule has 4 aromatic rings. The van der Waals surface area contributed by atoms with E-state index in [1.807, 2.05) is 48.7 Å². The molecule has 0 aliphatic carbocycles. The highest BCUT2D eigenvalue weighted by Gasteiger charge is 2.13. The van der Waals surface area contributed by atoms with Crippen LogP contribution in [-0.2, 0) is 17.8 Å². The second-order valence-corrected chi connectivity index (χ2v) is 8.97. The van der Waals surface area contributed by atoms with Crippen molar-refractivity contribution in [1.29, 1.82) is 0 Å². The summed E-state index contributed by atoms with van der Waals surface area (Å²) in [6, 6.07) is 16.1. The molecule has 172 valence electrons. The number of carbonyl (C=O) groups excluding carboxylic acids is 1. The Bertz CT molecular complexity index is 1220. The molecule has 8 nitrogen and oxygen atoms in total. The zero-order valence-electron chi connectivity index (χ0n) is 18.7. The number of H-pyrrole nitrogens is 1. The van der Waals surface area contributed by atoms with Gasteiger partial charge in [-0.3, -0.25) is 4.79 Å². The predicted molar refractivity (Wildman–Crippen MR) is 131 cm³/mol. The van der Waals surface area contributed by atoms with Crippen LogP contribution in [0.15, 0.2) is 59.9 Å². The molecular weight excluding hydrogens is 436 g/mol. The van der Waals surface area contributed by atoms with Gasteiger partial charge in [0, 0.05) is 23.6 Å². The zero-order chi connectivity index (χ0) is 23.2. The van der Waals surface area contributed by atoms with E-state index in [-0.39, 0.29) is 18.3 Å². The first-order valence-corrected chi connectivity index (χ1v) is 11.9. The van der Waals surface area contributed by atoms with Crippen LogP contribution in [0.25, 0.3) is 10.9 Å². The van der Waals surface area contributed by atoms with Crippen molar-refractivity contribution < 1.29 is 9.53 Å². The van der Waals surface area contributed by atoms with E-state index in [0.717, 1.165) is 17.7 Å². The van der Waals surface area contributed by atoms with Crippen LogP contribution >= 0.6 is 11.8 Å². The molecule has 0 saturated heterocycles. The van der Waals surface area contributed by atoms with Crippen LogP contribution in [0.2, 0.25) is 0 Å². The van der Waals surface area contributed by atoms with Crippen molar-refractivity contribution in [2.75, 3.05) is 18.1 Å². The number of amides is 1. The third kappa shape index (κ3) is 5.67. The third-order valence-electron chi connectivity index (χ3n) is 5.37. The number of nitrogens with zero attached hydrogens (tertiary/aromatic N) is 3. The topological polar surface area (TPSA) is 111 Å². The van der Waals surface area contributed by atoms with Gasteiger partial charge in [0.1, 0.15) is 12.4 Å². The van der Waals surface area contributed by atoms with Crippen LogP contribution in [-0.4, -0.2) is 38.1 Å². The predicted octanol–water partition coefficient (Wildman–Crippen LogP) is 3.63. The van der Waals surface area contributed by atoms with E-state index in [1.165, 1.54) is 33.0 Å². The number of rotatable bonds is 10. The van der Waals surface area contributed by atoms with Crippen molar-refractivity contribution in [1.82, 2.24) is 25.2 Å². The number of benzene rings is 2. The maximum absolute atomic E-state index is 12.2. The van der Waals surface area contributed by atoms with Gasteiger partial charge in [-0.25, -0.2) is 4.68 Å². The number of aromatic amines is 1. The second kappa shape index (κ2) is 10.4. The summed E-state index contributed by atoms with van der Waals surface area (Å²) in [6.07, 6.45) is 2.75. The summed E-state index contributed by atoms with van der Waals surface area (Å²) in [5.74, 6) is 7.92. The Morgan fingerprint density at radius 1 is 1.18 bits per heavy atom. The van der Waals surface area contributed by atoms with E-state index in [0.29, 0.717) is 23.4 Å². The lowest BCUT2D eigenvalue weighted by Crippen LogP contribution is -2.27. The first-order chi connectivity index (χ1) is 16.0. The highest BCUT2D eigenvalue weighted by molar-refractivity contribution is 7.99. The van der Waals surface area contributed by atoms with E-state index in [9.17, 15) is 4.79 Å². The zero-order valence-corrected chi connectivity index (χ0v) is 19.6. The van der Waals surface area contributed by atoms with E-state index >= 15 is 0 Å². The average Bonchev–Trinajstić information content (AvgIpc) is 3.40. The van der Waals surface area contributed by atoms with E-state index in [4.69, 9.17) is 10.6 Å². The maximum Gasteiger partial charge on any atom is 0.230 e.